The van der Waals surface area contributed by atoms with Crippen LogP contribution in [0.4, 0.5) is 11.4 Å². The predicted molar refractivity (Wildman–Crippen MR) is 113 cm³/mol. The van der Waals surface area contributed by atoms with E-state index in [9.17, 15) is 20.0 Å². The maximum atomic E-state index is 12.7. The van der Waals surface area contributed by atoms with E-state index in [2.05, 4.69) is 15.6 Å². The monoisotopic (exact) mass is 406 g/mol. The van der Waals surface area contributed by atoms with Crippen LogP contribution in [0.5, 0.6) is 0 Å². The van der Waals surface area contributed by atoms with Crippen molar-refractivity contribution in [3.8, 4) is 0 Å². The van der Waals surface area contributed by atoms with Gasteiger partial charge in [-0.15, -0.1) is 0 Å². The highest BCUT2D eigenvalue weighted by Gasteiger charge is 2.26. The van der Waals surface area contributed by atoms with Crippen LogP contribution < -0.4 is 10.6 Å². The number of aliphatic hydroxyl groups excluding tert-OH is 1. The summed E-state index contributed by atoms with van der Waals surface area (Å²) in [6, 6.07) is 18.9. The molecule has 8 heteroatoms. The summed E-state index contributed by atoms with van der Waals surface area (Å²) in [6.07, 6.45) is 2.32. The summed E-state index contributed by atoms with van der Waals surface area (Å²) in [4.78, 5) is 26.9. The molecule has 1 amide bonds. The molecule has 30 heavy (non-hydrogen) atoms. The Labute approximate surface area is 173 Å². The van der Waals surface area contributed by atoms with Gasteiger partial charge < -0.3 is 15.7 Å². The van der Waals surface area contributed by atoms with Gasteiger partial charge in [0.15, 0.2) is 0 Å². The number of carbonyl (C=O) groups excluding carboxylic acids is 1. The zero-order valence-electron chi connectivity index (χ0n) is 16.1. The third kappa shape index (κ3) is 6.11. The van der Waals surface area contributed by atoms with E-state index in [0.717, 1.165) is 16.9 Å². The molecule has 8 nitrogen and oxygen atoms in total. The number of rotatable bonds is 9. The summed E-state index contributed by atoms with van der Waals surface area (Å²) in [5, 5.41) is 27.0. The molecule has 2 aromatic carbocycles. The highest BCUT2D eigenvalue weighted by atomic mass is 16.6. The van der Waals surface area contributed by atoms with Gasteiger partial charge in [-0.3, -0.25) is 19.9 Å². The van der Waals surface area contributed by atoms with Crippen LogP contribution in [0, 0.1) is 10.1 Å². The third-order valence-corrected chi connectivity index (χ3v) is 4.53. The molecule has 0 saturated carbocycles. The Kier molecular flexibility index (Phi) is 7.07. The molecule has 0 bridgehead atoms. The van der Waals surface area contributed by atoms with E-state index in [0.29, 0.717) is 5.56 Å². The number of nitro groups is 1. The van der Waals surface area contributed by atoms with Crippen LogP contribution in [-0.2, 0) is 6.42 Å². The minimum atomic E-state index is -1.31. The Morgan fingerprint density at radius 2 is 1.63 bits per heavy atom. The number of hydrogen-bond acceptors (Lipinski definition) is 6. The van der Waals surface area contributed by atoms with Crippen molar-refractivity contribution in [2.45, 2.75) is 18.6 Å². The minimum absolute atomic E-state index is 0.281. The number of benzene rings is 2. The van der Waals surface area contributed by atoms with Gasteiger partial charge in [0.25, 0.3) is 5.91 Å². The molecule has 0 aliphatic rings. The number of aromatic nitrogens is 1. The number of carbonyl (C=O) groups is 1. The molecular formula is C22H22N4O4. The molecule has 2 atom stereocenters. The molecule has 0 saturated heterocycles. The van der Waals surface area contributed by atoms with Crippen molar-refractivity contribution in [3.63, 3.8) is 0 Å². The number of hydrogen-bond donors (Lipinski definition) is 3. The van der Waals surface area contributed by atoms with E-state index in [4.69, 9.17) is 0 Å². The molecule has 0 aliphatic carbocycles. The average molecular weight is 406 g/mol. The molecule has 154 valence electrons. The Morgan fingerprint density at radius 1 is 1.00 bits per heavy atom. The number of nitrogens with one attached hydrogen (secondary N) is 2. The maximum Gasteiger partial charge on any atom is 0.251 e. The number of nitrogens with zero attached hydrogens (tertiary/aromatic N) is 2. The fourth-order valence-corrected chi connectivity index (χ4v) is 2.99. The van der Waals surface area contributed by atoms with E-state index in [1.165, 1.54) is 0 Å². The zero-order valence-corrected chi connectivity index (χ0v) is 16.1. The van der Waals surface area contributed by atoms with Gasteiger partial charge in [0.05, 0.1) is 6.04 Å². The van der Waals surface area contributed by atoms with Crippen LogP contribution in [-0.4, -0.2) is 39.6 Å². The lowest BCUT2D eigenvalue weighted by Crippen LogP contribution is -2.47. The zero-order chi connectivity index (χ0) is 21.3. The normalized spacial score (nSPS) is 12.6. The van der Waals surface area contributed by atoms with Crippen molar-refractivity contribution in [1.29, 1.82) is 0 Å². The lowest BCUT2D eigenvalue weighted by atomic mass is 10.0. The van der Waals surface area contributed by atoms with Crippen LogP contribution in [0.3, 0.4) is 0 Å². The van der Waals surface area contributed by atoms with E-state index in [-0.39, 0.29) is 6.42 Å². The van der Waals surface area contributed by atoms with Crippen molar-refractivity contribution in [2.24, 2.45) is 0 Å². The molecule has 1 aromatic heterocycles. The maximum absolute atomic E-state index is 12.7. The smallest absolute Gasteiger partial charge is 0.251 e. The highest BCUT2D eigenvalue weighted by molar-refractivity contribution is 5.94. The molecule has 3 rings (SSSR count). The number of pyridine rings is 1. The Bertz CT molecular complexity index is 965. The largest absolute Gasteiger partial charge is 0.384 e. The third-order valence-electron chi connectivity index (χ3n) is 4.53. The van der Waals surface area contributed by atoms with Crippen LogP contribution in [0.25, 0.3) is 0 Å². The van der Waals surface area contributed by atoms with Crippen LogP contribution in [0.15, 0.2) is 79.1 Å². The molecule has 3 aromatic rings. The van der Waals surface area contributed by atoms with E-state index in [1.807, 2.05) is 42.5 Å². The summed E-state index contributed by atoms with van der Waals surface area (Å²) in [5.74, 6) is -0.409. The average Bonchev–Trinajstić information content (AvgIpc) is 2.75. The van der Waals surface area contributed by atoms with Gasteiger partial charge in [-0.2, -0.15) is 0 Å². The van der Waals surface area contributed by atoms with Gasteiger partial charge >= 0.3 is 0 Å². The molecule has 0 unspecified atom stereocenters. The molecule has 1 heterocycles. The first-order valence-corrected chi connectivity index (χ1v) is 9.43. The topological polar surface area (TPSA) is 117 Å². The quantitative estimate of drug-likeness (QED) is 0.372. The van der Waals surface area contributed by atoms with E-state index < -0.39 is 29.5 Å². The number of aliphatic hydroxyl groups is 1. The summed E-state index contributed by atoms with van der Waals surface area (Å²) < 4.78 is 0. The van der Waals surface area contributed by atoms with E-state index in [1.54, 1.807) is 36.7 Å². The van der Waals surface area contributed by atoms with Gasteiger partial charge in [-0.05, 0) is 48.4 Å². The summed E-state index contributed by atoms with van der Waals surface area (Å²) in [5.41, 5.74) is 2.92. The van der Waals surface area contributed by atoms with Crippen molar-refractivity contribution in [3.05, 3.63) is 100 Å². The molecule has 0 spiro atoms. The first-order valence-electron chi connectivity index (χ1n) is 9.43. The molecule has 0 aliphatic heterocycles. The van der Waals surface area contributed by atoms with Gasteiger partial charge in [0.1, 0.15) is 6.10 Å². The SMILES string of the molecule is O=C(N[C@@H](Cc1ccccc1)[C@H](O)C[N+](=O)[O-])c1ccc(Nc2ccncc2)cc1. The lowest BCUT2D eigenvalue weighted by molar-refractivity contribution is -0.491. The standard InChI is InChI=1S/C22H22N4O4/c27-21(15-26(29)30)20(14-16-4-2-1-3-5-16)25-22(28)17-6-8-18(9-7-17)24-19-10-12-23-13-11-19/h1-13,20-21,27H,14-15H2,(H,23,24)(H,25,28)/t20-,21+/m0/s1. The molecule has 0 radical (unpaired) electrons. The van der Waals surface area contributed by atoms with Crippen LogP contribution in [0.1, 0.15) is 15.9 Å². The highest BCUT2D eigenvalue weighted by Crippen LogP contribution is 2.16. The van der Waals surface area contributed by atoms with Crippen LogP contribution in [0.2, 0.25) is 0 Å². The van der Waals surface area contributed by atoms with E-state index >= 15 is 0 Å². The second-order valence-corrected chi connectivity index (χ2v) is 6.79. The van der Waals surface area contributed by atoms with Crippen LogP contribution >= 0.6 is 0 Å². The van der Waals surface area contributed by atoms with Crippen molar-refractivity contribution in [1.82, 2.24) is 10.3 Å². The van der Waals surface area contributed by atoms with Crippen molar-refractivity contribution < 1.29 is 14.8 Å². The molecule has 0 fully saturated rings. The van der Waals surface area contributed by atoms with Crippen molar-refractivity contribution in [2.75, 3.05) is 11.9 Å². The minimum Gasteiger partial charge on any atom is -0.384 e. The predicted octanol–water partition coefficient (Wildman–Crippen LogP) is 2.80. The second kappa shape index (κ2) is 10.1. The second-order valence-electron chi connectivity index (χ2n) is 6.79. The van der Waals surface area contributed by atoms with Gasteiger partial charge in [-0.25, -0.2) is 0 Å². The Balaban J connectivity index is 1.68. The Hall–Kier alpha value is -3.78. The molecular weight excluding hydrogens is 384 g/mol. The summed E-state index contributed by atoms with van der Waals surface area (Å²) in [6.45, 7) is -0.646. The fraction of sp³-hybridized carbons (Fsp3) is 0.182. The fourth-order valence-electron chi connectivity index (χ4n) is 2.99. The lowest BCUT2D eigenvalue weighted by Gasteiger charge is -2.22. The molecule has 3 N–H and O–H groups in total. The summed E-state index contributed by atoms with van der Waals surface area (Å²) in [7, 11) is 0. The van der Waals surface area contributed by atoms with Crippen molar-refractivity contribution >= 4 is 17.3 Å². The van der Waals surface area contributed by atoms with Gasteiger partial charge in [0, 0.05) is 34.3 Å². The van der Waals surface area contributed by atoms with Gasteiger partial charge in [0.2, 0.25) is 6.54 Å². The van der Waals surface area contributed by atoms with Gasteiger partial charge in [-0.1, -0.05) is 30.3 Å². The summed E-state index contributed by atoms with van der Waals surface area (Å²) >= 11 is 0. The Morgan fingerprint density at radius 3 is 2.27 bits per heavy atom. The number of amides is 1. The first kappa shape index (κ1) is 20.9. The first-order chi connectivity index (χ1) is 14.5. The number of anilines is 2.